The van der Waals surface area contributed by atoms with Crippen molar-refractivity contribution in [3.05, 3.63) is 47.5 Å². The highest BCUT2D eigenvalue weighted by Crippen LogP contribution is 2.28. The highest BCUT2D eigenvalue weighted by atomic mass is 35.5. The summed E-state index contributed by atoms with van der Waals surface area (Å²) in [5.41, 5.74) is 2.81. The zero-order chi connectivity index (χ0) is 13.2. The quantitative estimate of drug-likeness (QED) is 0.422. The molecule has 0 N–H and O–H groups in total. The van der Waals surface area contributed by atoms with Crippen LogP contribution in [-0.4, -0.2) is 19.5 Å². The van der Waals surface area contributed by atoms with E-state index in [1.54, 1.807) is 18.1 Å². The number of halogens is 1. The molecule has 2 aromatic heterocycles. The van der Waals surface area contributed by atoms with Crippen LogP contribution in [0.25, 0.3) is 11.2 Å². The molecule has 3 rings (SSSR count). The summed E-state index contributed by atoms with van der Waals surface area (Å²) in [5, 5.41) is 1.10. The minimum atomic E-state index is 0.238. The average Bonchev–Trinajstić information content (AvgIpc) is 2.79. The third-order valence-corrected chi connectivity index (χ3v) is 3.94. The van der Waals surface area contributed by atoms with Crippen molar-refractivity contribution in [3.8, 4) is 0 Å². The van der Waals surface area contributed by atoms with Crippen molar-refractivity contribution in [1.29, 1.82) is 0 Å². The van der Waals surface area contributed by atoms with Gasteiger partial charge in [0.05, 0.1) is 6.33 Å². The highest BCUT2D eigenvalue weighted by molar-refractivity contribution is 7.98. The SMILES string of the molecule is Cn1cnc2nc(Cl)nc(SCc3ccccc3)c21. The molecule has 0 radical (unpaired) electrons. The van der Waals surface area contributed by atoms with Gasteiger partial charge < -0.3 is 4.57 Å². The second-order valence-corrected chi connectivity index (χ2v) is 5.40. The van der Waals surface area contributed by atoms with Crippen molar-refractivity contribution in [1.82, 2.24) is 19.5 Å². The Labute approximate surface area is 119 Å². The third kappa shape index (κ3) is 2.57. The van der Waals surface area contributed by atoms with E-state index in [1.165, 1.54) is 5.56 Å². The van der Waals surface area contributed by atoms with Crippen molar-refractivity contribution >= 4 is 34.5 Å². The molecular weight excluding hydrogens is 280 g/mol. The molecule has 96 valence electrons. The number of aromatic nitrogens is 4. The maximum absolute atomic E-state index is 5.93. The van der Waals surface area contributed by atoms with Crippen molar-refractivity contribution in [2.24, 2.45) is 7.05 Å². The molecule has 1 aromatic carbocycles. The number of imidazole rings is 1. The molecule has 19 heavy (non-hydrogen) atoms. The summed E-state index contributed by atoms with van der Waals surface area (Å²) < 4.78 is 1.92. The van der Waals surface area contributed by atoms with Crippen LogP contribution in [0.3, 0.4) is 0 Å². The number of hydrogen-bond acceptors (Lipinski definition) is 4. The van der Waals surface area contributed by atoms with E-state index in [2.05, 4.69) is 27.1 Å². The number of hydrogen-bond donors (Lipinski definition) is 0. The lowest BCUT2D eigenvalue weighted by Crippen LogP contribution is -1.93. The van der Waals surface area contributed by atoms with Crippen LogP contribution in [0.2, 0.25) is 5.28 Å². The monoisotopic (exact) mass is 290 g/mol. The van der Waals surface area contributed by atoms with E-state index in [9.17, 15) is 0 Å². The zero-order valence-corrected chi connectivity index (χ0v) is 11.8. The van der Waals surface area contributed by atoms with Crippen LogP contribution in [0.1, 0.15) is 5.56 Å². The fourth-order valence-electron chi connectivity index (χ4n) is 1.82. The van der Waals surface area contributed by atoms with Gasteiger partial charge in [-0.25, -0.2) is 9.97 Å². The van der Waals surface area contributed by atoms with Gasteiger partial charge in [-0.15, -0.1) is 0 Å². The number of nitrogens with zero attached hydrogens (tertiary/aromatic N) is 4. The Morgan fingerprint density at radius 2 is 2.00 bits per heavy atom. The molecule has 0 atom stereocenters. The summed E-state index contributed by atoms with van der Waals surface area (Å²) in [6, 6.07) is 10.3. The van der Waals surface area contributed by atoms with Crippen LogP contribution in [0, 0.1) is 0 Å². The summed E-state index contributed by atoms with van der Waals surface area (Å²) in [4.78, 5) is 12.6. The minimum absolute atomic E-state index is 0.238. The van der Waals surface area contributed by atoms with Gasteiger partial charge in [0.25, 0.3) is 0 Å². The molecule has 0 saturated heterocycles. The molecule has 3 aromatic rings. The van der Waals surface area contributed by atoms with Crippen LogP contribution < -0.4 is 0 Å². The van der Waals surface area contributed by atoms with Crippen molar-refractivity contribution in [2.75, 3.05) is 0 Å². The zero-order valence-electron chi connectivity index (χ0n) is 10.2. The molecule has 0 aliphatic heterocycles. The number of rotatable bonds is 3. The summed E-state index contributed by atoms with van der Waals surface area (Å²) in [6.45, 7) is 0. The molecule has 0 spiro atoms. The molecule has 2 heterocycles. The first-order chi connectivity index (χ1) is 9.24. The number of fused-ring (bicyclic) bond motifs is 1. The number of aryl methyl sites for hydroxylation is 1. The van der Waals surface area contributed by atoms with Gasteiger partial charge in [-0.3, -0.25) is 0 Å². The summed E-state index contributed by atoms with van der Waals surface area (Å²) in [5.74, 6) is 0.842. The Kier molecular flexibility index (Phi) is 3.40. The van der Waals surface area contributed by atoms with Gasteiger partial charge in [0.15, 0.2) is 5.65 Å². The van der Waals surface area contributed by atoms with E-state index in [0.717, 1.165) is 16.3 Å². The molecular formula is C13H11ClN4S. The standard InChI is InChI=1S/C13H11ClN4S/c1-18-8-15-11-10(18)12(17-13(14)16-11)19-7-9-5-3-2-4-6-9/h2-6,8H,7H2,1H3. The Bertz CT molecular complexity index is 711. The summed E-state index contributed by atoms with van der Waals surface area (Å²) in [7, 11) is 1.93. The molecule has 0 bridgehead atoms. The summed E-state index contributed by atoms with van der Waals surface area (Å²) in [6.07, 6.45) is 1.72. The first-order valence-corrected chi connectivity index (χ1v) is 7.11. The van der Waals surface area contributed by atoms with E-state index < -0.39 is 0 Å². The normalized spacial score (nSPS) is 11.1. The van der Waals surface area contributed by atoms with Gasteiger partial charge in [-0.05, 0) is 17.2 Å². The largest absolute Gasteiger partial charge is 0.330 e. The van der Waals surface area contributed by atoms with Crippen LogP contribution in [0.5, 0.6) is 0 Å². The molecule has 6 heteroatoms. The lowest BCUT2D eigenvalue weighted by Gasteiger charge is -2.04. The van der Waals surface area contributed by atoms with Crippen LogP contribution in [0.4, 0.5) is 0 Å². The van der Waals surface area contributed by atoms with E-state index in [0.29, 0.717) is 5.65 Å². The van der Waals surface area contributed by atoms with Gasteiger partial charge in [-0.2, -0.15) is 4.98 Å². The van der Waals surface area contributed by atoms with Crippen LogP contribution >= 0.6 is 23.4 Å². The third-order valence-electron chi connectivity index (χ3n) is 2.73. The molecule has 0 unspecified atom stereocenters. The molecule has 0 saturated carbocycles. The highest BCUT2D eigenvalue weighted by Gasteiger charge is 2.11. The Hall–Kier alpha value is -1.59. The fraction of sp³-hybridized carbons (Fsp3) is 0.154. The lowest BCUT2D eigenvalue weighted by molar-refractivity contribution is 0.924. The van der Waals surface area contributed by atoms with E-state index in [-0.39, 0.29) is 5.28 Å². The average molecular weight is 291 g/mol. The topological polar surface area (TPSA) is 43.6 Å². The maximum atomic E-state index is 5.93. The van der Waals surface area contributed by atoms with Crippen LogP contribution in [-0.2, 0) is 12.8 Å². The maximum Gasteiger partial charge on any atom is 0.225 e. The van der Waals surface area contributed by atoms with Crippen molar-refractivity contribution in [3.63, 3.8) is 0 Å². The fourth-order valence-corrected chi connectivity index (χ4v) is 3.06. The van der Waals surface area contributed by atoms with Gasteiger partial charge in [-0.1, -0.05) is 42.1 Å². The van der Waals surface area contributed by atoms with E-state index in [1.807, 2.05) is 29.8 Å². The first kappa shape index (κ1) is 12.4. The van der Waals surface area contributed by atoms with Gasteiger partial charge in [0.1, 0.15) is 10.5 Å². The lowest BCUT2D eigenvalue weighted by atomic mass is 10.2. The van der Waals surface area contributed by atoms with Gasteiger partial charge >= 0.3 is 0 Å². The van der Waals surface area contributed by atoms with Gasteiger partial charge in [0.2, 0.25) is 5.28 Å². The van der Waals surface area contributed by atoms with Crippen LogP contribution in [0.15, 0.2) is 41.7 Å². The first-order valence-electron chi connectivity index (χ1n) is 5.75. The molecule has 4 nitrogen and oxygen atoms in total. The van der Waals surface area contributed by atoms with Gasteiger partial charge in [0, 0.05) is 12.8 Å². The smallest absolute Gasteiger partial charge is 0.225 e. The molecule has 0 aliphatic carbocycles. The number of thioether (sulfide) groups is 1. The number of benzene rings is 1. The predicted octanol–water partition coefficient (Wildman–Crippen LogP) is 3.31. The molecule has 0 aliphatic rings. The molecule has 0 fully saturated rings. The van der Waals surface area contributed by atoms with Crippen molar-refractivity contribution in [2.45, 2.75) is 10.8 Å². The molecule has 0 amide bonds. The Balaban J connectivity index is 1.94. The second kappa shape index (κ2) is 5.19. The summed E-state index contributed by atoms with van der Waals surface area (Å²) >= 11 is 7.57. The van der Waals surface area contributed by atoms with E-state index in [4.69, 9.17) is 11.6 Å². The Morgan fingerprint density at radius 1 is 1.21 bits per heavy atom. The predicted molar refractivity (Wildman–Crippen MR) is 77.3 cm³/mol. The second-order valence-electron chi connectivity index (χ2n) is 4.10. The van der Waals surface area contributed by atoms with Crippen molar-refractivity contribution < 1.29 is 0 Å². The Morgan fingerprint density at radius 3 is 2.79 bits per heavy atom. The van der Waals surface area contributed by atoms with E-state index >= 15 is 0 Å². The minimum Gasteiger partial charge on any atom is -0.330 e.